The topological polar surface area (TPSA) is 105 Å². The van der Waals surface area contributed by atoms with Gasteiger partial charge in [-0.25, -0.2) is 8.42 Å². The van der Waals surface area contributed by atoms with Crippen LogP contribution >= 0.6 is 0 Å². The van der Waals surface area contributed by atoms with Gasteiger partial charge in [0.25, 0.3) is 5.91 Å². The zero-order valence-electron chi connectivity index (χ0n) is 17.7. The number of amides is 2. The van der Waals surface area contributed by atoms with Crippen molar-refractivity contribution in [2.45, 2.75) is 32.9 Å². The molecule has 2 amide bonds. The molecule has 0 fully saturated rings. The summed E-state index contributed by atoms with van der Waals surface area (Å²) in [5, 5.41) is 5.46. The number of methoxy groups -OCH3 is 1. The highest BCUT2D eigenvalue weighted by molar-refractivity contribution is 7.92. The molecule has 2 aromatic carbocycles. The van der Waals surface area contributed by atoms with Gasteiger partial charge in [0.1, 0.15) is 11.8 Å². The molecule has 0 bridgehead atoms. The third kappa shape index (κ3) is 5.73. The van der Waals surface area contributed by atoms with E-state index >= 15 is 0 Å². The van der Waals surface area contributed by atoms with Crippen LogP contribution in [-0.2, 0) is 14.8 Å². The van der Waals surface area contributed by atoms with Crippen molar-refractivity contribution in [3.63, 3.8) is 0 Å². The second kappa shape index (κ2) is 9.62. The summed E-state index contributed by atoms with van der Waals surface area (Å²) in [6.07, 6.45) is 1.03. The van der Waals surface area contributed by atoms with Crippen molar-refractivity contribution in [1.82, 2.24) is 5.32 Å². The molecular weight excluding hydrogens is 406 g/mol. The van der Waals surface area contributed by atoms with Gasteiger partial charge in [-0.3, -0.25) is 13.9 Å². The number of para-hydroxylation sites is 1. The monoisotopic (exact) mass is 433 g/mol. The van der Waals surface area contributed by atoms with Crippen molar-refractivity contribution in [3.05, 3.63) is 54.1 Å². The van der Waals surface area contributed by atoms with Crippen LogP contribution in [0.15, 0.2) is 48.5 Å². The number of hydrogen-bond acceptors (Lipinski definition) is 5. The summed E-state index contributed by atoms with van der Waals surface area (Å²) in [7, 11) is -2.26. The normalized spacial score (nSPS) is 12.2. The third-order valence-corrected chi connectivity index (χ3v) is 5.51. The van der Waals surface area contributed by atoms with E-state index in [1.54, 1.807) is 48.5 Å². The van der Waals surface area contributed by atoms with Gasteiger partial charge in [0.2, 0.25) is 15.9 Å². The number of carbonyl (C=O) groups is 2. The SMILES string of the molecule is COc1ccc(N([C@@H](C)C(=O)Nc2ccccc2C(=O)NC(C)C)S(C)(=O)=O)cc1. The first-order chi connectivity index (χ1) is 14.0. The van der Waals surface area contributed by atoms with Crippen molar-refractivity contribution in [1.29, 1.82) is 0 Å². The first-order valence-electron chi connectivity index (χ1n) is 9.38. The number of rotatable bonds is 8. The van der Waals surface area contributed by atoms with Crippen LogP contribution in [0.25, 0.3) is 0 Å². The van der Waals surface area contributed by atoms with Crippen LogP contribution in [0.1, 0.15) is 31.1 Å². The van der Waals surface area contributed by atoms with Crippen molar-refractivity contribution < 1.29 is 22.7 Å². The Balaban J connectivity index is 2.31. The number of carbonyl (C=O) groups excluding carboxylic acids is 2. The van der Waals surface area contributed by atoms with Crippen molar-refractivity contribution in [2.75, 3.05) is 23.0 Å². The van der Waals surface area contributed by atoms with E-state index in [1.807, 2.05) is 13.8 Å². The zero-order chi connectivity index (χ0) is 22.5. The molecule has 0 saturated heterocycles. The van der Waals surface area contributed by atoms with Crippen LogP contribution in [0.5, 0.6) is 5.75 Å². The van der Waals surface area contributed by atoms with Gasteiger partial charge in [-0.05, 0) is 57.2 Å². The van der Waals surface area contributed by atoms with E-state index in [-0.39, 0.29) is 11.9 Å². The lowest BCUT2D eigenvalue weighted by Crippen LogP contribution is -2.45. The molecule has 0 unspecified atom stereocenters. The second-order valence-electron chi connectivity index (χ2n) is 7.10. The zero-order valence-corrected chi connectivity index (χ0v) is 18.5. The van der Waals surface area contributed by atoms with Gasteiger partial charge < -0.3 is 15.4 Å². The van der Waals surface area contributed by atoms with Crippen LogP contribution in [0.2, 0.25) is 0 Å². The van der Waals surface area contributed by atoms with E-state index in [0.29, 0.717) is 22.7 Å². The fraction of sp³-hybridized carbons (Fsp3) is 0.333. The molecule has 0 aliphatic rings. The number of nitrogens with one attached hydrogen (secondary N) is 2. The van der Waals surface area contributed by atoms with E-state index in [1.165, 1.54) is 14.0 Å². The minimum atomic E-state index is -3.76. The highest BCUT2D eigenvalue weighted by Gasteiger charge is 2.29. The van der Waals surface area contributed by atoms with Crippen LogP contribution in [0, 0.1) is 0 Å². The molecule has 0 saturated carbocycles. The first kappa shape index (κ1) is 23.2. The van der Waals surface area contributed by atoms with Gasteiger partial charge >= 0.3 is 0 Å². The molecule has 2 N–H and O–H groups in total. The number of anilines is 2. The number of hydrogen-bond donors (Lipinski definition) is 2. The average molecular weight is 434 g/mol. The molecule has 30 heavy (non-hydrogen) atoms. The van der Waals surface area contributed by atoms with Crippen LogP contribution in [-0.4, -0.2) is 45.7 Å². The summed E-state index contributed by atoms with van der Waals surface area (Å²) < 4.78 is 31.0. The summed E-state index contributed by atoms with van der Waals surface area (Å²) in [4.78, 5) is 25.3. The van der Waals surface area contributed by atoms with E-state index in [0.717, 1.165) is 10.6 Å². The summed E-state index contributed by atoms with van der Waals surface area (Å²) in [5.74, 6) is -0.334. The number of sulfonamides is 1. The van der Waals surface area contributed by atoms with Crippen LogP contribution in [0.4, 0.5) is 11.4 Å². The fourth-order valence-corrected chi connectivity index (χ4v) is 4.08. The van der Waals surface area contributed by atoms with Crippen LogP contribution in [0.3, 0.4) is 0 Å². The third-order valence-electron chi connectivity index (χ3n) is 4.26. The molecule has 1 atom stereocenters. The molecule has 2 aromatic rings. The molecule has 0 heterocycles. The summed E-state index contributed by atoms with van der Waals surface area (Å²) in [6, 6.07) is 11.8. The maximum atomic E-state index is 12.9. The highest BCUT2D eigenvalue weighted by atomic mass is 32.2. The molecule has 8 nitrogen and oxygen atoms in total. The largest absolute Gasteiger partial charge is 0.497 e. The lowest BCUT2D eigenvalue weighted by molar-refractivity contribution is -0.116. The lowest BCUT2D eigenvalue weighted by atomic mass is 10.1. The van der Waals surface area contributed by atoms with Gasteiger partial charge in [0.05, 0.1) is 30.3 Å². The smallest absolute Gasteiger partial charge is 0.253 e. The highest BCUT2D eigenvalue weighted by Crippen LogP contribution is 2.25. The van der Waals surface area contributed by atoms with Crippen molar-refractivity contribution in [2.24, 2.45) is 0 Å². The van der Waals surface area contributed by atoms with Gasteiger partial charge in [-0.2, -0.15) is 0 Å². The molecule has 0 aliphatic heterocycles. The van der Waals surface area contributed by atoms with Gasteiger partial charge in [0, 0.05) is 6.04 Å². The number of ether oxygens (including phenoxy) is 1. The Morgan fingerprint density at radius 1 is 1.00 bits per heavy atom. The molecule has 2 rings (SSSR count). The van der Waals surface area contributed by atoms with E-state index in [4.69, 9.17) is 4.74 Å². The van der Waals surface area contributed by atoms with E-state index in [2.05, 4.69) is 10.6 Å². The van der Waals surface area contributed by atoms with E-state index in [9.17, 15) is 18.0 Å². The summed E-state index contributed by atoms with van der Waals surface area (Å²) in [6.45, 7) is 5.15. The minimum absolute atomic E-state index is 0.0732. The second-order valence-corrected chi connectivity index (χ2v) is 8.96. The Bertz CT molecular complexity index is 1000. The number of benzene rings is 2. The predicted molar refractivity (Wildman–Crippen MR) is 117 cm³/mol. The Morgan fingerprint density at radius 3 is 2.13 bits per heavy atom. The summed E-state index contributed by atoms with van der Waals surface area (Å²) >= 11 is 0. The molecule has 0 spiro atoms. The molecular formula is C21H27N3O5S. The fourth-order valence-electron chi connectivity index (χ4n) is 2.91. The van der Waals surface area contributed by atoms with Gasteiger partial charge in [-0.1, -0.05) is 12.1 Å². The average Bonchev–Trinajstić information content (AvgIpc) is 2.67. The van der Waals surface area contributed by atoms with Crippen molar-refractivity contribution >= 4 is 33.2 Å². The summed E-state index contributed by atoms with van der Waals surface area (Å²) in [5.41, 5.74) is 0.921. The van der Waals surface area contributed by atoms with Crippen molar-refractivity contribution in [3.8, 4) is 5.75 Å². The Labute approximate surface area is 177 Å². The molecule has 0 aliphatic carbocycles. The molecule has 9 heteroatoms. The Morgan fingerprint density at radius 2 is 1.60 bits per heavy atom. The minimum Gasteiger partial charge on any atom is -0.497 e. The molecule has 0 radical (unpaired) electrons. The maximum Gasteiger partial charge on any atom is 0.253 e. The van der Waals surface area contributed by atoms with E-state index < -0.39 is 22.0 Å². The molecule has 162 valence electrons. The predicted octanol–water partition coefficient (Wildman–Crippen LogP) is 2.63. The quantitative estimate of drug-likeness (QED) is 0.666. The van der Waals surface area contributed by atoms with Gasteiger partial charge in [0.15, 0.2) is 0 Å². The number of nitrogens with zero attached hydrogens (tertiary/aromatic N) is 1. The molecule has 0 aromatic heterocycles. The Kier molecular flexibility index (Phi) is 7.44. The first-order valence-corrected chi connectivity index (χ1v) is 11.2. The van der Waals surface area contributed by atoms with Gasteiger partial charge in [-0.15, -0.1) is 0 Å². The Hall–Kier alpha value is -3.07. The van der Waals surface area contributed by atoms with Crippen LogP contribution < -0.4 is 19.7 Å². The maximum absolute atomic E-state index is 12.9. The standard InChI is InChI=1S/C21H27N3O5S/c1-14(2)22-21(26)18-8-6-7-9-19(18)23-20(25)15(3)24(30(5,27)28)16-10-12-17(29-4)13-11-16/h6-15H,1-5H3,(H,22,26)(H,23,25)/t15-/m0/s1. The lowest BCUT2D eigenvalue weighted by Gasteiger charge is -2.28.